The molecule has 4 unspecified atom stereocenters. The second-order valence-electron chi connectivity index (χ2n) is 5.45. The minimum absolute atomic E-state index is 0.125. The highest BCUT2D eigenvalue weighted by Crippen LogP contribution is 2.31. The Morgan fingerprint density at radius 3 is 2.94 bits per heavy atom. The summed E-state index contributed by atoms with van der Waals surface area (Å²) in [5, 5.41) is 12.7. The van der Waals surface area contributed by atoms with Crippen LogP contribution in [0.5, 0.6) is 0 Å². The van der Waals surface area contributed by atoms with E-state index in [1.165, 1.54) is 0 Å². The molecule has 17 heavy (non-hydrogen) atoms. The zero-order chi connectivity index (χ0) is 12.3. The maximum Gasteiger partial charge on any atom is 0.306 e. The number of ether oxygens (including phenoxy) is 1. The van der Waals surface area contributed by atoms with Gasteiger partial charge in [-0.1, -0.05) is 6.42 Å². The van der Waals surface area contributed by atoms with Crippen LogP contribution in [0.25, 0.3) is 0 Å². The molecule has 0 aromatic heterocycles. The third-order valence-electron chi connectivity index (χ3n) is 4.13. The van der Waals surface area contributed by atoms with Gasteiger partial charge < -0.3 is 15.2 Å². The first-order valence-electron chi connectivity index (χ1n) is 6.74. The lowest BCUT2D eigenvalue weighted by Gasteiger charge is -2.29. The number of carboxylic acid groups (broad SMARTS) is 1. The highest BCUT2D eigenvalue weighted by Gasteiger charge is 2.33. The molecule has 0 radical (unpaired) electrons. The predicted octanol–water partition coefficient (Wildman–Crippen LogP) is 1.64. The first-order valence-corrected chi connectivity index (χ1v) is 6.74. The van der Waals surface area contributed by atoms with E-state index in [1.54, 1.807) is 0 Å². The van der Waals surface area contributed by atoms with Crippen LogP contribution in [0.4, 0.5) is 0 Å². The van der Waals surface area contributed by atoms with Crippen molar-refractivity contribution in [3.8, 4) is 0 Å². The minimum Gasteiger partial charge on any atom is -0.481 e. The summed E-state index contributed by atoms with van der Waals surface area (Å²) in [6.45, 7) is 3.78. The lowest BCUT2D eigenvalue weighted by molar-refractivity contribution is -0.142. The molecule has 4 atom stereocenters. The van der Waals surface area contributed by atoms with Crippen LogP contribution >= 0.6 is 0 Å². The van der Waals surface area contributed by atoms with Crippen molar-refractivity contribution in [2.24, 2.45) is 11.8 Å². The van der Waals surface area contributed by atoms with E-state index in [4.69, 9.17) is 9.84 Å². The Morgan fingerprint density at radius 1 is 1.41 bits per heavy atom. The van der Waals surface area contributed by atoms with Gasteiger partial charge in [-0.2, -0.15) is 0 Å². The van der Waals surface area contributed by atoms with Crippen LogP contribution in [0, 0.1) is 11.8 Å². The number of aliphatic carboxylic acids is 1. The van der Waals surface area contributed by atoms with Gasteiger partial charge in [0.15, 0.2) is 0 Å². The summed E-state index contributed by atoms with van der Waals surface area (Å²) >= 11 is 0. The van der Waals surface area contributed by atoms with Crippen LogP contribution < -0.4 is 5.32 Å². The monoisotopic (exact) mass is 241 g/mol. The summed E-state index contributed by atoms with van der Waals surface area (Å²) in [4.78, 5) is 11.1. The second-order valence-corrected chi connectivity index (χ2v) is 5.45. The van der Waals surface area contributed by atoms with Crippen molar-refractivity contribution >= 4 is 5.97 Å². The normalized spacial score (nSPS) is 38.2. The Labute approximate surface area is 103 Å². The van der Waals surface area contributed by atoms with Crippen molar-refractivity contribution in [1.29, 1.82) is 0 Å². The Balaban J connectivity index is 1.75. The van der Waals surface area contributed by atoms with E-state index in [0.29, 0.717) is 18.1 Å². The van der Waals surface area contributed by atoms with Crippen LogP contribution in [0.3, 0.4) is 0 Å². The smallest absolute Gasteiger partial charge is 0.306 e. The zero-order valence-electron chi connectivity index (χ0n) is 10.5. The Bertz CT molecular complexity index is 269. The van der Waals surface area contributed by atoms with E-state index in [9.17, 15) is 4.79 Å². The van der Waals surface area contributed by atoms with E-state index >= 15 is 0 Å². The summed E-state index contributed by atoms with van der Waals surface area (Å²) < 4.78 is 5.51. The first kappa shape index (κ1) is 12.8. The molecule has 2 N–H and O–H groups in total. The maximum atomic E-state index is 11.1. The molecule has 1 saturated heterocycles. The standard InChI is InChI=1S/C13H23NO3/c1-9-7-11(5-6-17-9)14-8-10-3-2-4-12(10)13(15)16/h9-12,14H,2-8H2,1H3,(H,15,16). The van der Waals surface area contributed by atoms with Crippen molar-refractivity contribution in [2.75, 3.05) is 13.2 Å². The van der Waals surface area contributed by atoms with Gasteiger partial charge in [0.05, 0.1) is 12.0 Å². The lowest BCUT2D eigenvalue weighted by Crippen LogP contribution is -2.41. The van der Waals surface area contributed by atoms with E-state index in [0.717, 1.165) is 45.3 Å². The molecule has 4 heteroatoms. The Hall–Kier alpha value is -0.610. The zero-order valence-corrected chi connectivity index (χ0v) is 10.5. The molecule has 1 saturated carbocycles. The molecule has 0 aromatic carbocycles. The molecule has 1 aliphatic carbocycles. The fourth-order valence-corrected chi connectivity index (χ4v) is 3.11. The van der Waals surface area contributed by atoms with Gasteiger partial charge in [-0.25, -0.2) is 0 Å². The van der Waals surface area contributed by atoms with Gasteiger partial charge in [0, 0.05) is 12.6 Å². The second kappa shape index (κ2) is 5.83. The molecule has 4 nitrogen and oxygen atoms in total. The number of carbonyl (C=O) groups is 1. The molecule has 0 spiro atoms. The van der Waals surface area contributed by atoms with Gasteiger partial charge in [0.2, 0.25) is 0 Å². The molecule has 98 valence electrons. The number of carboxylic acids is 1. The molecular weight excluding hydrogens is 218 g/mol. The highest BCUT2D eigenvalue weighted by molar-refractivity contribution is 5.70. The van der Waals surface area contributed by atoms with Crippen molar-refractivity contribution < 1.29 is 14.6 Å². The van der Waals surface area contributed by atoms with Gasteiger partial charge in [-0.15, -0.1) is 0 Å². The summed E-state index contributed by atoms with van der Waals surface area (Å²) in [6.07, 6.45) is 5.40. The van der Waals surface area contributed by atoms with E-state index in [-0.39, 0.29) is 5.92 Å². The third-order valence-corrected chi connectivity index (χ3v) is 4.13. The van der Waals surface area contributed by atoms with E-state index < -0.39 is 5.97 Å². The molecule has 2 rings (SSSR count). The van der Waals surface area contributed by atoms with Crippen LogP contribution in [-0.4, -0.2) is 36.4 Å². The Kier molecular flexibility index (Phi) is 4.40. The van der Waals surface area contributed by atoms with Crippen molar-refractivity contribution in [3.05, 3.63) is 0 Å². The average Bonchev–Trinajstić information content (AvgIpc) is 2.74. The molecule has 1 heterocycles. The maximum absolute atomic E-state index is 11.1. The summed E-state index contributed by atoms with van der Waals surface area (Å²) in [6, 6.07) is 0.508. The first-order chi connectivity index (χ1) is 8.16. The van der Waals surface area contributed by atoms with Gasteiger partial charge in [-0.05, 0) is 45.1 Å². The molecule has 0 bridgehead atoms. The molecule has 0 amide bonds. The van der Waals surface area contributed by atoms with Gasteiger partial charge in [0.25, 0.3) is 0 Å². The molecule has 2 aliphatic rings. The lowest BCUT2D eigenvalue weighted by atomic mass is 9.95. The minimum atomic E-state index is -0.616. The summed E-state index contributed by atoms with van der Waals surface area (Å²) in [5.41, 5.74) is 0. The largest absolute Gasteiger partial charge is 0.481 e. The number of hydrogen-bond acceptors (Lipinski definition) is 3. The SMILES string of the molecule is CC1CC(NCC2CCCC2C(=O)O)CCO1. The fraction of sp³-hybridized carbons (Fsp3) is 0.923. The molecule has 0 aromatic rings. The van der Waals surface area contributed by atoms with Gasteiger partial charge >= 0.3 is 5.97 Å². The highest BCUT2D eigenvalue weighted by atomic mass is 16.5. The van der Waals surface area contributed by atoms with Crippen LogP contribution in [0.15, 0.2) is 0 Å². The quantitative estimate of drug-likeness (QED) is 0.785. The topological polar surface area (TPSA) is 58.6 Å². The van der Waals surface area contributed by atoms with Crippen molar-refractivity contribution in [2.45, 2.75) is 51.2 Å². The predicted molar refractivity (Wildman–Crippen MR) is 64.9 cm³/mol. The average molecular weight is 241 g/mol. The molecular formula is C13H23NO3. The van der Waals surface area contributed by atoms with Gasteiger partial charge in [-0.3, -0.25) is 4.79 Å². The number of nitrogens with one attached hydrogen (secondary N) is 1. The van der Waals surface area contributed by atoms with Crippen LogP contribution in [0.1, 0.15) is 39.0 Å². The Morgan fingerprint density at radius 2 is 2.24 bits per heavy atom. The van der Waals surface area contributed by atoms with E-state index in [2.05, 4.69) is 12.2 Å². The third kappa shape index (κ3) is 3.42. The molecule has 1 aliphatic heterocycles. The number of hydrogen-bond donors (Lipinski definition) is 2. The van der Waals surface area contributed by atoms with E-state index in [1.807, 2.05) is 0 Å². The molecule has 2 fully saturated rings. The van der Waals surface area contributed by atoms with Crippen molar-refractivity contribution in [1.82, 2.24) is 5.32 Å². The fourth-order valence-electron chi connectivity index (χ4n) is 3.11. The van der Waals surface area contributed by atoms with Gasteiger partial charge in [0.1, 0.15) is 0 Å². The van der Waals surface area contributed by atoms with Crippen LogP contribution in [0.2, 0.25) is 0 Å². The van der Waals surface area contributed by atoms with Crippen LogP contribution in [-0.2, 0) is 9.53 Å². The van der Waals surface area contributed by atoms with Crippen molar-refractivity contribution in [3.63, 3.8) is 0 Å². The summed E-state index contributed by atoms with van der Waals surface area (Å²) in [5.74, 6) is -0.417. The number of rotatable bonds is 4. The summed E-state index contributed by atoms with van der Waals surface area (Å²) in [7, 11) is 0.